The molecule has 0 saturated heterocycles. The van der Waals surface area contributed by atoms with E-state index in [1.165, 1.54) is 13.2 Å². The van der Waals surface area contributed by atoms with Crippen LogP contribution in [-0.4, -0.2) is 30.9 Å². The molecule has 3 rings (SSSR count). The quantitative estimate of drug-likeness (QED) is 0.767. The van der Waals surface area contributed by atoms with Crippen molar-refractivity contribution in [3.8, 4) is 5.75 Å². The van der Waals surface area contributed by atoms with E-state index in [2.05, 4.69) is 20.1 Å². The Balaban J connectivity index is 2.02. The van der Waals surface area contributed by atoms with Gasteiger partial charge in [0, 0.05) is 0 Å². The van der Waals surface area contributed by atoms with E-state index in [0.29, 0.717) is 28.0 Å². The molecule has 0 atom stereocenters. The summed E-state index contributed by atoms with van der Waals surface area (Å²) in [7, 11) is -2.19. The summed E-state index contributed by atoms with van der Waals surface area (Å²) >= 11 is 0. The molecule has 2 aromatic carbocycles. The third-order valence-electron chi connectivity index (χ3n) is 3.26. The highest BCUT2D eigenvalue weighted by atomic mass is 32.2. The minimum absolute atomic E-state index is 0.189. The smallest absolute Gasteiger partial charge is 0.262 e. The number of sulfonamides is 1. The number of aromatic amines is 1. The first kappa shape index (κ1) is 14.3. The van der Waals surface area contributed by atoms with Crippen LogP contribution in [-0.2, 0) is 10.0 Å². The molecular formula is C14H14N4O3S. The zero-order valence-corrected chi connectivity index (χ0v) is 12.8. The van der Waals surface area contributed by atoms with Crippen LogP contribution in [0.4, 0.5) is 5.69 Å². The van der Waals surface area contributed by atoms with Crippen LogP contribution < -0.4 is 9.46 Å². The van der Waals surface area contributed by atoms with Crippen molar-refractivity contribution in [1.82, 2.24) is 15.4 Å². The van der Waals surface area contributed by atoms with Crippen LogP contribution >= 0.6 is 0 Å². The van der Waals surface area contributed by atoms with E-state index in [1.807, 2.05) is 0 Å². The van der Waals surface area contributed by atoms with Gasteiger partial charge >= 0.3 is 0 Å². The number of H-pyrrole nitrogens is 1. The van der Waals surface area contributed by atoms with Crippen LogP contribution in [0.5, 0.6) is 5.75 Å². The van der Waals surface area contributed by atoms with E-state index in [0.717, 1.165) is 0 Å². The van der Waals surface area contributed by atoms with Gasteiger partial charge in [0.25, 0.3) is 10.0 Å². The van der Waals surface area contributed by atoms with Gasteiger partial charge in [-0.05, 0) is 42.8 Å². The zero-order valence-electron chi connectivity index (χ0n) is 12.0. The minimum Gasteiger partial charge on any atom is -0.497 e. The van der Waals surface area contributed by atoms with Gasteiger partial charge in [0.05, 0.1) is 17.7 Å². The molecule has 2 N–H and O–H groups in total. The zero-order chi connectivity index (χ0) is 15.7. The Labute approximate surface area is 127 Å². The molecule has 0 aliphatic carbocycles. The number of methoxy groups -OCH3 is 1. The lowest BCUT2D eigenvalue weighted by molar-refractivity contribution is 0.414. The van der Waals surface area contributed by atoms with Gasteiger partial charge in [-0.1, -0.05) is 6.07 Å². The number of hydrogen-bond acceptors (Lipinski definition) is 5. The fourth-order valence-corrected chi connectivity index (χ4v) is 3.49. The highest BCUT2D eigenvalue weighted by Gasteiger charge is 2.19. The topological polar surface area (TPSA) is 97.0 Å². The monoisotopic (exact) mass is 318 g/mol. The molecule has 0 saturated carbocycles. The third kappa shape index (κ3) is 2.48. The predicted octanol–water partition coefficient (Wildman–Crippen LogP) is 2.08. The van der Waals surface area contributed by atoms with Gasteiger partial charge in [0.2, 0.25) is 0 Å². The summed E-state index contributed by atoms with van der Waals surface area (Å²) in [6.45, 7) is 1.72. The van der Waals surface area contributed by atoms with Crippen LogP contribution in [0.25, 0.3) is 11.0 Å². The first-order valence-corrected chi connectivity index (χ1v) is 7.96. The molecule has 8 heteroatoms. The van der Waals surface area contributed by atoms with E-state index in [1.54, 1.807) is 37.3 Å². The summed E-state index contributed by atoms with van der Waals surface area (Å²) in [5.74, 6) is 0.607. The number of aryl methyl sites for hydroxylation is 1. The maximum Gasteiger partial charge on any atom is 0.262 e. The number of benzene rings is 2. The second-order valence-electron chi connectivity index (χ2n) is 4.73. The molecule has 0 amide bonds. The van der Waals surface area contributed by atoms with Crippen molar-refractivity contribution in [3.63, 3.8) is 0 Å². The first-order chi connectivity index (χ1) is 10.5. The van der Waals surface area contributed by atoms with Crippen molar-refractivity contribution in [1.29, 1.82) is 0 Å². The molecule has 114 valence electrons. The van der Waals surface area contributed by atoms with Gasteiger partial charge in [0.1, 0.15) is 16.8 Å². The Hall–Kier alpha value is -2.61. The lowest BCUT2D eigenvalue weighted by Crippen LogP contribution is -2.14. The summed E-state index contributed by atoms with van der Waals surface area (Å²) < 4.78 is 32.8. The molecule has 0 aliphatic rings. The average molecular weight is 318 g/mol. The van der Waals surface area contributed by atoms with E-state index in [4.69, 9.17) is 4.74 Å². The Kier molecular flexibility index (Phi) is 3.45. The molecule has 1 heterocycles. The first-order valence-electron chi connectivity index (χ1n) is 6.48. The summed E-state index contributed by atoms with van der Waals surface area (Å²) in [4.78, 5) is 0.189. The van der Waals surface area contributed by atoms with Crippen LogP contribution in [0.3, 0.4) is 0 Å². The highest BCUT2D eigenvalue weighted by Crippen LogP contribution is 2.25. The maximum absolute atomic E-state index is 12.6. The molecule has 0 aliphatic heterocycles. The number of nitrogens with one attached hydrogen (secondary N) is 2. The van der Waals surface area contributed by atoms with Crippen molar-refractivity contribution >= 4 is 26.7 Å². The molecule has 0 spiro atoms. The van der Waals surface area contributed by atoms with Crippen molar-refractivity contribution in [2.45, 2.75) is 11.8 Å². The van der Waals surface area contributed by atoms with Crippen molar-refractivity contribution < 1.29 is 13.2 Å². The van der Waals surface area contributed by atoms with Crippen molar-refractivity contribution in [3.05, 3.63) is 42.0 Å². The number of nitrogens with zero attached hydrogens (tertiary/aromatic N) is 2. The van der Waals surface area contributed by atoms with Gasteiger partial charge in [-0.2, -0.15) is 15.4 Å². The molecule has 22 heavy (non-hydrogen) atoms. The number of hydrogen-bond donors (Lipinski definition) is 2. The molecule has 0 bridgehead atoms. The SMILES string of the molecule is COc1ccc(S(=O)(=O)Nc2cccc3n[nH]nc23)c(C)c1. The fourth-order valence-electron chi connectivity index (χ4n) is 2.20. The number of ether oxygens (including phenoxy) is 1. The van der Waals surface area contributed by atoms with E-state index >= 15 is 0 Å². The van der Waals surface area contributed by atoms with Gasteiger partial charge in [-0.3, -0.25) is 4.72 Å². The maximum atomic E-state index is 12.6. The minimum atomic E-state index is -3.73. The second kappa shape index (κ2) is 5.30. The number of anilines is 1. The molecule has 0 unspecified atom stereocenters. The number of rotatable bonds is 4. The number of aromatic nitrogens is 3. The average Bonchev–Trinajstić information content (AvgIpc) is 2.96. The van der Waals surface area contributed by atoms with Crippen molar-refractivity contribution in [2.75, 3.05) is 11.8 Å². The van der Waals surface area contributed by atoms with Gasteiger partial charge in [-0.25, -0.2) is 8.42 Å². The van der Waals surface area contributed by atoms with Gasteiger partial charge < -0.3 is 4.74 Å². The normalized spacial score (nSPS) is 11.5. The van der Waals surface area contributed by atoms with Crippen LogP contribution in [0, 0.1) is 6.92 Å². The number of para-hydroxylation sites is 1. The second-order valence-corrected chi connectivity index (χ2v) is 6.38. The Morgan fingerprint density at radius 1 is 1.18 bits per heavy atom. The number of fused-ring (bicyclic) bond motifs is 1. The van der Waals surface area contributed by atoms with E-state index in [-0.39, 0.29) is 4.90 Å². The van der Waals surface area contributed by atoms with Crippen LogP contribution in [0.1, 0.15) is 5.56 Å². The molecule has 7 nitrogen and oxygen atoms in total. The third-order valence-corrected chi connectivity index (χ3v) is 4.79. The molecule has 1 aromatic heterocycles. The molecular weight excluding hydrogens is 304 g/mol. The molecule has 0 radical (unpaired) electrons. The van der Waals surface area contributed by atoms with Crippen molar-refractivity contribution in [2.24, 2.45) is 0 Å². The van der Waals surface area contributed by atoms with Gasteiger partial charge in [0.15, 0.2) is 0 Å². The fraction of sp³-hybridized carbons (Fsp3) is 0.143. The predicted molar refractivity (Wildman–Crippen MR) is 82.4 cm³/mol. The van der Waals surface area contributed by atoms with E-state index < -0.39 is 10.0 Å². The highest BCUT2D eigenvalue weighted by molar-refractivity contribution is 7.92. The standard InChI is InChI=1S/C14H14N4O3S/c1-9-8-10(21-2)6-7-13(9)22(19,20)17-12-5-3-4-11-14(12)16-18-15-11/h3-8,17H,1-2H3,(H,15,16,18). The van der Waals surface area contributed by atoms with Crippen LogP contribution in [0.15, 0.2) is 41.3 Å². The van der Waals surface area contributed by atoms with Gasteiger partial charge in [-0.15, -0.1) is 0 Å². The Morgan fingerprint density at radius 3 is 2.73 bits per heavy atom. The van der Waals surface area contributed by atoms with Crippen LogP contribution in [0.2, 0.25) is 0 Å². The summed E-state index contributed by atoms with van der Waals surface area (Å²) in [5, 5.41) is 10.4. The Bertz CT molecular complexity index is 934. The summed E-state index contributed by atoms with van der Waals surface area (Å²) in [6.07, 6.45) is 0. The largest absolute Gasteiger partial charge is 0.497 e. The summed E-state index contributed by atoms with van der Waals surface area (Å²) in [6, 6.07) is 9.89. The lowest BCUT2D eigenvalue weighted by atomic mass is 10.2. The van der Waals surface area contributed by atoms with E-state index in [9.17, 15) is 8.42 Å². The summed E-state index contributed by atoms with van der Waals surface area (Å²) in [5.41, 5.74) is 2.03. The molecule has 3 aromatic rings. The Morgan fingerprint density at radius 2 is 2.00 bits per heavy atom. The molecule has 0 fully saturated rings. The lowest BCUT2D eigenvalue weighted by Gasteiger charge is -2.11.